The number of aromatic nitrogens is 1. The molecule has 0 aliphatic rings. The molecule has 0 amide bonds. The van der Waals surface area contributed by atoms with E-state index in [0.29, 0.717) is 0 Å². The highest BCUT2D eigenvalue weighted by Gasteiger charge is 1.99. The van der Waals surface area contributed by atoms with Crippen LogP contribution in [0.2, 0.25) is 0 Å². The second kappa shape index (κ2) is 6.26. The Hall–Kier alpha value is -2.26. The zero-order valence-corrected chi connectivity index (χ0v) is 11.6. The van der Waals surface area contributed by atoms with Gasteiger partial charge in [-0.3, -0.25) is 4.98 Å². The van der Waals surface area contributed by atoms with E-state index in [1.807, 2.05) is 60.8 Å². The molecule has 3 rings (SSSR count). The van der Waals surface area contributed by atoms with Crippen molar-refractivity contribution in [1.82, 2.24) is 4.98 Å². The summed E-state index contributed by atoms with van der Waals surface area (Å²) in [6.07, 6.45) is 1.85. The van der Waals surface area contributed by atoms with Crippen LogP contribution in [0.3, 0.4) is 0 Å². The van der Waals surface area contributed by atoms with Gasteiger partial charge in [-0.25, -0.2) is 0 Å². The van der Waals surface area contributed by atoms with Gasteiger partial charge in [-0.2, -0.15) is 0 Å². The first-order valence-corrected chi connectivity index (χ1v) is 7.14. The van der Waals surface area contributed by atoms with E-state index in [2.05, 4.69) is 27.9 Å². The summed E-state index contributed by atoms with van der Waals surface area (Å²) in [7, 11) is 0. The van der Waals surface area contributed by atoms with E-state index in [1.165, 1.54) is 0 Å². The molecule has 0 aliphatic heterocycles. The van der Waals surface area contributed by atoms with Crippen molar-refractivity contribution in [2.45, 2.75) is 4.90 Å². The minimum Gasteiger partial charge on any atom is -0.324 e. The average Bonchev–Trinajstić information content (AvgIpc) is 2.55. The quantitative estimate of drug-likeness (QED) is 0.702. The number of rotatable bonds is 4. The van der Waals surface area contributed by atoms with E-state index < -0.39 is 0 Å². The van der Waals surface area contributed by atoms with Crippen LogP contribution in [0, 0.1) is 6.07 Å². The Balaban J connectivity index is 1.68. The number of hydrogen-bond acceptors (Lipinski definition) is 3. The number of hydrogen-bond donors (Lipinski definition) is 1. The molecule has 0 spiro atoms. The summed E-state index contributed by atoms with van der Waals surface area (Å²) in [6.45, 7) is 0. The molecule has 0 saturated carbocycles. The molecule has 3 aromatic rings. The summed E-state index contributed by atoms with van der Waals surface area (Å²) >= 11 is 1.57. The Labute approximate surface area is 123 Å². The van der Waals surface area contributed by atoms with Crippen LogP contribution in [0.25, 0.3) is 11.3 Å². The van der Waals surface area contributed by atoms with Crippen molar-refractivity contribution in [2.75, 3.05) is 4.72 Å². The molecule has 0 aliphatic carbocycles. The molecule has 2 nitrogen and oxygen atoms in total. The van der Waals surface area contributed by atoms with Crippen LogP contribution in [0.1, 0.15) is 0 Å². The van der Waals surface area contributed by atoms with Gasteiger partial charge in [0.25, 0.3) is 0 Å². The summed E-state index contributed by atoms with van der Waals surface area (Å²) in [5, 5.41) is 0. The second-order valence-electron chi connectivity index (χ2n) is 4.24. The molecule has 20 heavy (non-hydrogen) atoms. The fraction of sp³-hybridized carbons (Fsp3) is 0. The SMILES string of the molecule is [c]1ccc(SNc2ccc(-c3ccccc3)nc2)cc1. The molecule has 0 saturated heterocycles. The molecule has 0 atom stereocenters. The molecule has 3 heteroatoms. The summed E-state index contributed by atoms with van der Waals surface area (Å²) < 4.78 is 3.28. The maximum atomic E-state index is 4.48. The van der Waals surface area contributed by atoms with Gasteiger partial charge in [0.2, 0.25) is 0 Å². The van der Waals surface area contributed by atoms with Gasteiger partial charge < -0.3 is 4.72 Å². The summed E-state index contributed by atoms with van der Waals surface area (Å²) in [5.74, 6) is 0. The molecule has 0 unspecified atom stereocenters. The lowest BCUT2D eigenvalue weighted by Gasteiger charge is -2.06. The fourth-order valence-corrected chi connectivity index (χ4v) is 2.42. The second-order valence-corrected chi connectivity index (χ2v) is 5.12. The monoisotopic (exact) mass is 277 g/mol. The van der Waals surface area contributed by atoms with Gasteiger partial charge in [-0.15, -0.1) is 0 Å². The van der Waals surface area contributed by atoms with Crippen molar-refractivity contribution in [3.63, 3.8) is 0 Å². The molecule has 1 aromatic heterocycles. The van der Waals surface area contributed by atoms with E-state index in [9.17, 15) is 0 Å². The summed E-state index contributed by atoms with van der Waals surface area (Å²) in [5.41, 5.74) is 3.10. The Kier molecular flexibility index (Phi) is 3.99. The largest absolute Gasteiger partial charge is 0.324 e. The zero-order chi connectivity index (χ0) is 13.6. The van der Waals surface area contributed by atoms with Crippen LogP contribution in [-0.4, -0.2) is 4.98 Å². The van der Waals surface area contributed by atoms with E-state index in [0.717, 1.165) is 21.8 Å². The van der Waals surface area contributed by atoms with Crippen LogP contribution >= 0.6 is 11.9 Å². The number of nitrogens with zero attached hydrogens (tertiary/aromatic N) is 1. The zero-order valence-electron chi connectivity index (χ0n) is 10.8. The van der Waals surface area contributed by atoms with Gasteiger partial charge in [-0.05, 0) is 42.3 Å². The van der Waals surface area contributed by atoms with Crippen LogP contribution in [-0.2, 0) is 0 Å². The standard InChI is InChI=1S/C17H13N2S/c1-3-7-14(8-4-1)17-12-11-15(13-18-17)19-20-16-9-5-2-6-10-16/h1,3-13,19H. The molecule has 0 fully saturated rings. The van der Waals surface area contributed by atoms with Crippen molar-refractivity contribution in [3.05, 3.63) is 79.0 Å². The number of benzene rings is 2. The van der Waals surface area contributed by atoms with Gasteiger partial charge in [0.15, 0.2) is 0 Å². The molecular weight excluding hydrogens is 264 g/mol. The van der Waals surface area contributed by atoms with Crippen molar-refractivity contribution >= 4 is 17.6 Å². The van der Waals surface area contributed by atoms with Crippen molar-refractivity contribution in [1.29, 1.82) is 0 Å². The lowest BCUT2D eigenvalue weighted by atomic mass is 10.1. The highest BCUT2D eigenvalue weighted by molar-refractivity contribution is 8.00. The van der Waals surface area contributed by atoms with Crippen molar-refractivity contribution in [3.8, 4) is 11.3 Å². The third-order valence-corrected chi connectivity index (χ3v) is 3.65. The molecular formula is C17H13N2S. The van der Waals surface area contributed by atoms with Crippen LogP contribution in [0.15, 0.2) is 77.8 Å². The first-order chi connectivity index (χ1) is 9.92. The Morgan fingerprint density at radius 2 is 1.70 bits per heavy atom. The maximum absolute atomic E-state index is 4.48. The first kappa shape index (κ1) is 12.8. The van der Waals surface area contributed by atoms with E-state index >= 15 is 0 Å². The van der Waals surface area contributed by atoms with Gasteiger partial charge in [0.05, 0.1) is 17.6 Å². The molecule has 0 bridgehead atoms. The summed E-state index contributed by atoms with van der Waals surface area (Å²) in [6, 6.07) is 25.1. The predicted molar refractivity (Wildman–Crippen MR) is 84.4 cm³/mol. The number of nitrogens with one attached hydrogen (secondary N) is 1. The van der Waals surface area contributed by atoms with E-state index in [-0.39, 0.29) is 0 Å². The average molecular weight is 277 g/mol. The van der Waals surface area contributed by atoms with E-state index in [4.69, 9.17) is 0 Å². The predicted octanol–water partition coefficient (Wildman–Crippen LogP) is 4.67. The Morgan fingerprint density at radius 1 is 0.900 bits per heavy atom. The van der Waals surface area contributed by atoms with Crippen molar-refractivity contribution < 1.29 is 0 Å². The molecule has 1 N–H and O–H groups in total. The number of pyridine rings is 1. The Morgan fingerprint density at radius 3 is 2.40 bits per heavy atom. The fourth-order valence-electron chi connectivity index (χ4n) is 1.79. The number of anilines is 1. The first-order valence-electron chi connectivity index (χ1n) is 6.32. The smallest absolute Gasteiger partial charge is 0.0703 e. The molecule has 97 valence electrons. The minimum atomic E-state index is 0.982. The van der Waals surface area contributed by atoms with Gasteiger partial charge in [0, 0.05) is 10.5 Å². The topological polar surface area (TPSA) is 24.9 Å². The van der Waals surface area contributed by atoms with Gasteiger partial charge in [-0.1, -0.05) is 42.5 Å². The summed E-state index contributed by atoms with van der Waals surface area (Å²) in [4.78, 5) is 5.63. The third kappa shape index (κ3) is 3.19. The normalized spacial score (nSPS) is 10.2. The Bertz CT molecular complexity index is 652. The molecule has 1 radical (unpaired) electrons. The lowest BCUT2D eigenvalue weighted by Crippen LogP contribution is -1.89. The van der Waals surface area contributed by atoms with Crippen LogP contribution in [0.5, 0.6) is 0 Å². The van der Waals surface area contributed by atoms with E-state index in [1.54, 1.807) is 11.9 Å². The van der Waals surface area contributed by atoms with Gasteiger partial charge >= 0.3 is 0 Å². The van der Waals surface area contributed by atoms with Crippen LogP contribution in [0.4, 0.5) is 5.69 Å². The molecule has 2 aromatic carbocycles. The van der Waals surface area contributed by atoms with Crippen molar-refractivity contribution in [2.24, 2.45) is 0 Å². The molecule has 1 heterocycles. The highest BCUT2D eigenvalue weighted by Crippen LogP contribution is 2.22. The maximum Gasteiger partial charge on any atom is 0.0703 e. The lowest BCUT2D eigenvalue weighted by molar-refractivity contribution is 1.33. The third-order valence-electron chi connectivity index (χ3n) is 2.81. The highest BCUT2D eigenvalue weighted by atomic mass is 32.2. The van der Waals surface area contributed by atoms with Crippen LogP contribution < -0.4 is 4.72 Å². The minimum absolute atomic E-state index is 0.982. The van der Waals surface area contributed by atoms with Gasteiger partial charge in [0.1, 0.15) is 0 Å².